The van der Waals surface area contributed by atoms with Crippen molar-refractivity contribution >= 4 is 33.6 Å². The number of carbonyl (C=O) groups is 3. The lowest BCUT2D eigenvalue weighted by Crippen LogP contribution is -2.30. The molecule has 0 saturated heterocycles. The van der Waals surface area contributed by atoms with Crippen molar-refractivity contribution in [3.05, 3.63) is 182 Å². The van der Waals surface area contributed by atoms with Gasteiger partial charge in [0.25, 0.3) is 0 Å². The number of esters is 3. The number of ether oxygens (including phenoxy) is 3. The fourth-order valence-electron chi connectivity index (χ4n) is 11.5. The lowest BCUT2D eigenvalue weighted by molar-refractivity contribution is -0.161. The third kappa shape index (κ3) is 87.3. The van der Waals surface area contributed by atoms with Crippen molar-refractivity contribution in [2.45, 2.75) is 360 Å². The quantitative estimate of drug-likeness (QED) is 0.0146. The minimum Gasteiger partial charge on any atom is -0.463 e. The first kappa shape index (κ1) is 108. The summed E-state index contributed by atoms with van der Waals surface area (Å²) < 4.78 is 61.3. The van der Waals surface area contributed by atoms with Crippen LogP contribution in [0.4, 0.5) is 0 Å². The zero-order chi connectivity index (χ0) is 82.2. The van der Waals surface area contributed by atoms with E-state index in [9.17, 15) is 43.5 Å². The molecule has 0 radical (unpaired) electrons. The number of hydrogen-bond acceptors (Lipinski definition) is 14. The van der Waals surface area contributed by atoms with Gasteiger partial charge in [-0.1, -0.05) is 344 Å². The van der Waals surface area contributed by atoms with E-state index in [-0.39, 0.29) is 19.3 Å². The number of rotatable bonds is 82. The topological polar surface area (TPSA) is 231 Å². The molecule has 0 aliphatic rings. The van der Waals surface area contributed by atoms with Crippen LogP contribution in [0.15, 0.2) is 182 Å². The van der Waals surface area contributed by atoms with E-state index in [2.05, 4.69) is 203 Å². The molecular weight excluding hydrogens is 1460 g/mol. The van der Waals surface area contributed by atoms with Gasteiger partial charge in [0.15, 0.2) is 6.10 Å². The summed E-state index contributed by atoms with van der Waals surface area (Å²) >= 11 is 0. The number of aliphatic hydroxyl groups is 2. The van der Waals surface area contributed by atoms with Crippen molar-refractivity contribution in [1.82, 2.24) is 0 Å². The molecule has 0 saturated carbocycles. The largest absolute Gasteiger partial charge is 0.472 e. The van der Waals surface area contributed by atoms with Gasteiger partial charge in [-0.05, 0) is 161 Å². The van der Waals surface area contributed by atoms with Gasteiger partial charge in [-0.15, -0.1) is 0 Å². The average Bonchev–Trinajstić information content (AvgIpc) is 0.901. The molecule has 644 valence electrons. The Morgan fingerprint density at radius 2 is 0.469 bits per heavy atom. The first-order valence-corrected chi connectivity index (χ1v) is 47.1. The molecule has 5 atom stereocenters. The van der Waals surface area contributed by atoms with E-state index in [4.69, 9.17) is 32.3 Å². The van der Waals surface area contributed by atoms with E-state index in [1.165, 1.54) is 109 Å². The van der Waals surface area contributed by atoms with Crippen LogP contribution in [-0.4, -0.2) is 95.9 Å². The number of aliphatic hydroxyl groups excluding tert-OH is 2. The molecule has 5 unspecified atom stereocenters. The number of phosphoric ester groups is 2. The maximum Gasteiger partial charge on any atom is 0.472 e. The van der Waals surface area contributed by atoms with Gasteiger partial charge in [0.05, 0.1) is 26.4 Å². The van der Waals surface area contributed by atoms with Gasteiger partial charge >= 0.3 is 33.6 Å². The van der Waals surface area contributed by atoms with Crippen molar-refractivity contribution in [1.29, 1.82) is 0 Å². The number of allylic oxidation sites excluding steroid dienone is 30. The standard InChI is InChI=1S/C95H158O16P2/c1-4-7-10-13-16-19-22-25-28-31-34-36-38-40-42-43-44-45-47-49-50-52-55-57-60-63-66-69-72-75-78-81-93(98)105-84-90(96)85-107-112(101,102)108-86-91(97)87-109-113(103,104)110-89-92(111-95(100)83-80-77-74-71-68-65-62-59-54-33-30-27-24-21-18-15-12-9-6-3)88-106-94(99)82-79-76-73-70-67-64-61-58-56-53-51-48-46-41-39-37-35-32-29-26-23-20-17-14-11-8-5-2/h8-9,11-12,16-21,25-30,34-37,40-42,46,51,53-54,59,65,68,90-92,96-97H,4-7,10,13-15,22-24,31-33,38-39,43-45,47-50,52,55-58,60-64,66-67,69-89H2,1-3H3,(H,101,102)(H,103,104)/b11-8-,12-9-,19-16-,20-17-,21-18-,28-25-,29-26-,30-27-,36-34-,37-35-,42-40-,46-41-,53-51-,59-54-,68-65-. The summed E-state index contributed by atoms with van der Waals surface area (Å²) in [5.41, 5.74) is 0. The Hall–Kier alpha value is -5.35. The Kier molecular flexibility index (Phi) is 81.9. The lowest BCUT2D eigenvalue weighted by Gasteiger charge is -2.21. The molecule has 113 heavy (non-hydrogen) atoms. The van der Waals surface area contributed by atoms with E-state index >= 15 is 0 Å². The van der Waals surface area contributed by atoms with Crippen LogP contribution in [0.1, 0.15) is 342 Å². The van der Waals surface area contributed by atoms with Crippen molar-refractivity contribution in [3.63, 3.8) is 0 Å². The molecule has 0 aromatic rings. The van der Waals surface area contributed by atoms with E-state index < -0.39 is 91.5 Å². The molecule has 0 rings (SSSR count). The number of carbonyl (C=O) groups excluding carboxylic acids is 3. The number of phosphoric acid groups is 2. The highest BCUT2D eigenvalue weighted by atomic mass is 31.2. The smallest absolute Gasteiger partial charge is 0.463 e. The Balaban J connectivity index is 4.61. The molecule has 16 nitrogen and oxygen atoms in total. The van der Waals surface area contributed by atoms with E-state index in [0.717, 1.165) is 173 Å². The van der Waals surface area contributed by atoms with Gasteiger partial charge in [0.1, 0.15) is 25.4 Å². The zero-order valence-electron chi connectivity index (χ0n) is 70.7. The molecule has 0 spiro atoms. The van der Waals surface area contributed by atoms with Gasteiger partial charge in [0, 0.05) is 19.3 Å². The maximum absolute atomic E-state index is 13.0. The highest BCUT2D eigenvalue weighted by molar-refractivity contribution is 7.47. The van der Waals surface area contributed by atoms with Crippen molar-refractivity contribution in [3.8, 4) is 0 Å². The molecule has 0 aliphatic heterocycles. The van der Waals surface area contributed by atoms with Gasteiger partial charge in [-0.2, -0.15) is 0 Å². The molecule has 0 fully saturated rings. The van der Waals surface area contributed by atoms with Crippen molar-refractivity contribution in [2.75, 3.05) is 39.6 Å². The van der Waals surface area contributed by atoms with Crippen LogP contribution in [0.25, 0.3) is 0 Å². The predicted molar refractivity (Wildman–Crippen MR) is 472 cm³/mol. The fraction of sp³-hybridized carbons (Fsp3) is 0.653. The molecule has 0 aromatic heterocycles. The van der Waals surface area contributed by atoms with Gasteiger partial charge in [-0.3, -0.25) is 32.5 Å². The average molecular weight is 1620 g/mol. The SMILES string of the molecule is CC/C=C\C/C=C\C/C=C\C/C=C\C/C=C\C/C=C\CCCCCCCCCCC(=O)OCC(COP(=O)(O)OCC(O)COP(=O)(O)OCC(O)COC(=O)CCCCCCCCCCCCCCCCC/C=C\C/C=C\C/C=C\C/C=C\CCCCC)OC(=O)CCCCC/C=C\C/C=C\C/C=C\C/C=C\C/C=C\CC. The minimum atomic E-state index is -4.96. The summed E-state index contributed by atoms with van der Waals surface area (Å²) in [5, 5.41) is 20.7. The molecular formula is C95H158O16P2. The third-order valence-corrected chi connectivity index (χ3v) is 20.0. The van der Waals surface area contributed by atoms with Gasteiger partial charge < -0.3 is 34.2 Å². The fourth-order valence-corrected chi connectivity index (χ4v) is 13.1. The summed E-state index contributed by atoms with van der Waals surface area (Å²) in [5.74, 6) is -1.63. The first-order valence-electron chi connectivity index (χ1n) is 44.1. The molecule has 4 N–H and O–H groups in total. The molecule has 0 bridgehead atoms. The lowest BCUT2D eigenvalue weighted by atomic mass is 10.0. The Labute approximate surface area is 687 Å². The maximum atomic E-state index is 13.0. The summed E-state index contributed by atoms with van der Waals surface area (Å²) in [6.07, 6.45) is 112. The predicted octanol–water partition coefficient (Wildman–Crippen LogP) is 26.9. The van der Waals surface area contributed by atoms with Crippen LogP contribution in [0, 0.1) is 0 Å². The van der Waals surface area contributed by atoms with E-state index in [0.29, 0.717) is 19.3 Å². The summed E-state index contributed by atoms with van der Waals surface area (Å²) in [6, 6.07) is 0. The van der Waals surface area contributed by atoms with Gasteiger partial charge in [-0.25, -0.2) is 9.13 Å². The molecule has 0 amide bonds. The van der Waals surface area contributed by atoms with Crippen LogP contribution in [0.2, 0.25) is 0 Å². The molecule has 0 aliphatic carbocycles. The summed E-state index contributed by atoms with van der Waals surface area (Å²) in [7, 11) is -9.83. The monoisotopic (exact) mass is 1620 g/mol. The second-order valence-electron chi connectivity index (χ2n) is 28.9. The minimum absolute atomic E-state index is 0.0569. The van der Waals surface area contributed by atoms with E-state index in [1.54, 1.807) is 0 Å². The molecule has 0 aromatic carbocycles. The number of unbranched alkanes of at least 4 members (excludes halogenated alkanes) is 29. The van der Waals surface area contributed by atoms with Crippen molar-refractivity contribution in [2.24, 2.45) is 0 Å². The summed E-state index contributed by atoms with van der Waals surface area (Å²) in [4.78, 5) is 58.9. The highest BCUT2D eigenvalue weighted by Gasteiger charge is 2.29. The Morgan fingerprint density at radius 3 is 0.752 bits per heavy atom. The third-order valence-electron chi connectivity index (χ3n) is 18.1. The van der Waals surface area contributed by atoms with Crippen molar-refractivity contribution < 1.29 is 75.8 Å². The second kappa shape index (κ2) is 86.0. The Bertz CT molecular complexity index is 2780. The molecule has 18 heteroatoms. The van der Waals surface area contributed by atoms with Crippen LogP contribution >= 0.6 is 15.6 Å². The van der Waals surface area contributed by atoms with E-state index in [1.807, 2.05) is 0 Å². The normalized spacial score (nSPS) is 14.7. The van der Waals surface area contributed by atoms with Crippen LogP contribution in [-0.2, 0) is 55.8 Å². The summed E-state index contributed by atoms with van der Waals surface area (Å²) in [6.45, 7) is 2.39. The van der Waals surface area contributed by atoms with Crippen LogP contribution in [0.5, 0.6) is 0 Å². The van der Waals surface area contributed by atoms with Crippen LogP contribution < -0.4 is 0 Å². The highest BCUT2D eigenvalue weighted by Crippen LogP contribution is 2.45. The van der Waals surface area contributed by atoms with Crippen LogP contribution in [0.3, 0.4) is 0 Å². The number of hydrogen-bond donors (Lipinski definition) is 4. The first-order chi connectivity index (χ1) is 55.2. The second-order valence-corrected chi connectivity index (χ2v) is 31.8. The van der Waals surface area contributed by atoms with Gasteiger partial charge in [0.2, 0.25) is 0 Å². The Morgan fingerprint density at radius 1 is 0.257 bits per heavy atom. The zero-order valence-corrected chi connectivity index (χ0v) is 72.5. The molecule has 0 heterocycles.